The molecule has 1 aromatic carbocycles. The summed E-state index contributed by atoms with van der Waals surface area (Å²) in [5.74, 6) is 4.83. The molecule has 3 N–H and O–H groups in total. The van der Waals surface area contributed by atoms with Crippen molar-refractivity contribution in [2.75, 3.05) is 0 Å². The number of fused-ring (bicyclic) bond motifs is 1. The van der Waals surface area contributed by atoms with Gasteiger partial charge in [0.1, 0.15) is 0 Å². The number of hydrazine groups is 1. The van der Waals surface area contributed by atoms with E-state index >= 15 is 0 Å². The Bertz CT molecular complexity index is 490. The molecule has 0 aliphatic carbocycles. The average molecular weight is 206 g/mol. The topological polar surface area (TPSA) is 55.1 Å². The first kappa shape index (κ1) is 9.18. The van der Waals surface area contributed by atoms with Gasteiger partial charge in [-0.2, -0.15) is 0 Å². The normalized spacial score (nSPS) is 10.4. The Morgan fingerprint density at radius 1 is 1.43 bits per heavy atom. The number of nitrogens with two attached hydrogens (primary N) is 1. The average Bonchev–Trinajstić information content (AvgIpc) is 2.59. The number of carbonyl (C=O) groups is 1. The van der Waals surface area contributed by atoms with E-state index in [9.17, 15) is 4.79 Å². The van der Waals surface area contributed by atoms with Crippen molar-refractivity contribution in [2.45, 2.75) is 6.92 Å². The largest absolute Gasteiger partial charge is 0.289 e. The zero-order valence-electron chi connectivity index (χ0n) is 7.70. The van der Waals surface area contributed by atoms with Crippen molar-refractivity contribution < 1.29 is 4.79 Å². The first-order valence-corrected chi connectivity index (χ1v) is 5.03. The molecule has 0 unspecified atom stereocenters. The first-order chi connectivity index (χ1) is 6.70. The number of aryl methyl sites for hydroxylation is 1. The van der Waals surface area contributed by atoms with Gasteiger partial charge in [-0.25, -0.2) is 5.84 Å². The van der Waals surface area contributed by atoms with E-state index in [0.29, 0.717) is 4.88 Å². The molecule has 0 spiro atoms. The Kier molecular flexibility index (Phi) is 2.23. The third kappa shape index (κ3) is 1.49. The molecule has 0 radical (unpaired) electrons. The summed E-state index contributed by atoms with van der Waals surface area (Å²) < 4.78 is 1.11. The highest BCUT2D eigenvalue weighted by Gasteiger charge is 2.07. The summed E-state index contributed by atoms with van der Waals surface area (Å²) in [6.07, 6.45) is 0. The quantitative estimate of drug-likeness (QED) is 0.425. The Morgan fingerprint density at radius 3 is 2.93 bits per heavy atom. The number of rotatable bonds is 1. The van der Waals surface area contributed by atoms with Gasteiger partial charge in [0.05, 0.1) is 4.88 Å². The number of carbonyl (C=O) groups excluding carboxylic acids is 1. The molecule has 0 atom stereocenters. The fourth-order valence-electron chi connectivity index (χ4n) is 1.35. The molecule has 0 saturated carbocycles. The molecule has 0 bridgehead atoms. The number of hydrogen-bond donors (Lipinski definition) is 2. The van der Waals surface area contributed by atoms with Gasteiger partial charge in [0.15, 0.2) is 0 Å². The summed E-state index contributed by atoms with van der Waals surface area (Å²) in [5, 5.41) is 1.09. The minimum atomic E-state index is -0.233. The standard InChI is InChI=1S/C10H10N2OS/c1-6-2-3-8-7(4-6)5-9(14-8)10(13)12-11/h2-5H,11H2,1H3,(H,12,13). The van der Waals surface area contributed by atoms with Crippen LogP contribution in [0.25, 0.3) is 10.1 Å². The lowest BCUT2D eigenvalue weighted by Gasteiger charge is -1.90. The van der Waals surface area contributed by atoms with Crippen LogP contribution in [-0.2, 0) is 0 Å². The van der Waals surface area contributed by atoms with Gasteiger partial charge in [0.2, 0.25) is 0 Å². The second-order valence-corrected chi connectivity index (χ2v) is 4.21. The van der Waals surface area contributed by atoms with Crippen molar-refractivity contribution in [1.82, 2.24) is 5.43 Å². The summed E-state index contributed by atoms with van der Waals surface area (Å²) >= 11 is 1.45. The van der Waals surface area contributed by atoms with E-state index in [2.05, 4.69) is 11.5 Å². The van der Waals surface area contributed by atoms with Gasteiger partial charge < -0.3 is 0 Å². The van der Waals surface area contributed by atoms with Gasteiger partial charge in [-0.15, -0.1) is 11.3 Å². The van der Waals surface area contributed by atoms with E-state index < -0.39 is 0 Å². The molecule has 0 fully saturated rings. The molecule has 14 heavy (non-hydrogen) atoms. The Morgan fingerprint density at radius 2 is 2.21 bits per heavy atom. The Balaban J connectivity index is 2.56. The van der Waals surface area contributed by atoms with Gasteiger partial charge in [0, 0.05) is 4.70 Å². The lowest BCUT2D eigenvalue weighted by Crippen LogP contribution is -2.29. The zero-order chi connectivity index (χ0) is 10.1. The minimum Gasteiger partial charge on any atom is -0.289 e. The van der Waals surface area contributed by atoms with E-state index in [1.54, 1.807) is 0 Å². The van der Waals surface area contributed by atoms with Gasteiger partial charge in [-0.05, 0) is 24.4 Å². The van der Waals surface area contributed by atoms with Crippen LogP contribution in [0.2, 0.25) is 0 Å². The van der Waals surface area contributed by atoms with Crippen LogP contribution in [0, 0.1) is 6.92 Å². The van der Waals surface area contributed by atoms with Gasteiger partial charge in [-0.3, -0.25) is 10.2 Å². The number of hydrogen-bond acceptors (Lipinski definition) is 3. The fraction of sp³-hybridized carbons (Fsp3) is 0.100. The molecule has 1 aromatic heterocycles. The molecule has 0 aliphatic heterocycles. The predicted molar refractivity (Wildman–Crippen MR) is 58.2 cm³/mol. The van der Waals surface area contributed by atoms with Crippen molar-refractivity contribution in [3.8, 4) is 0 Å². The molecule has 72 valence electrons. The van der Waals surface area contributed by atoms with Crippen LogP contribution in [0.15, 0.2) is 24.3 Å². The third-order valence-electron chi connectivity index (χ3n) is 2.03. The zero-order valence-corrected chi connectivity index (χ0v) is 8.52. The first-order valence-electron chi connectivity index (χ1n) is 4.22. The number of thiophene rings is 1. The molecule has 2 aromatic rings. The van der Waals surface area contributed by atoms with Crippen LogP contribution in [-0.4, -0.2) is 5.91 Å². The van der Waals surface area contributed by atoms with Crippen molar-refractivity contribution >= 4 is 27.3 Å². The number of amides is 1. The van der Waals surface area contributed by atoms with Gasteiger partial charge in [0.25, 0.3) is 5.91 Å². The molecule has 0 saturated heterocycles. The van der Waals surface area contributed by atoms with Crippen molar-refractivity contribution in [1.29, 1.82) is 0 Å². The summed E-state index contributed by atoms with van der Waals surface area (Å²) in [6.45, 7) is 2.03. The van der Waals surface area contributed by atoms with E-state index in [1.807, 2.05) is 25.1 Å². The maximum atomic E-state index is 11.2. The van der Waals surface area contributed by atoms with Crippen LogP contribution in [0.4, 0.5) is 0 Å². The SMILES string of the molecule is Cc1ccc2sc(C(=O)NN)cc2c1. The molecular formula is C10H10N2OS. The molecule has 1 heterocycles. The predicted octanol–water partition coefficient (Wildman–Crippen LogP) is 1.81. The fourth-order valence-corrected chi connectivity index (χ4v) is 2.29. The van der Waals surface area contributed by atoms with Crippen LogP contribution in [0.1, 0.15) is 15.2 Å². The van der Waals surface area contributed by atoms with Crippen molar-refractivity contribution in [3.63, 3.8) is 0 Å². The molecule has 0 aliphatic rings. The molecular weight excluding hydrogens is 196 g/mol. The number of benzene rings is 1. The van der Waals surface area contributed by atoms with Crippen LogP contribution < -0.4 is 11.3 Å². The van der Waals surface area contributed by atoms with Crippen LogP contribution in [0.3, 0.4) is 0 Å². The monoisotopic (exact) mass is 206 g/mol. The molecule has 1 amide bonds. The maximum absolute atomic E-state index is 11.2. The van der Waals surface area contributed by atoms with Crippen LogP contribution in [0.5, 0.6) is 0 Å². The van der Waals surface area contributed by atoms with Gasteiger partial charge >= 0.3 is 0 Å². The van der Waals surface area contributed by atoms with E-state index in [-0.39, 0.29) is 5.91 Å². The van der Waals surface area contributed by atoms with Gasteiger partial charge in [-0.1, -0.05) is 17.7 Å². The number of nitrogens with one attached hydrogen (secondary N) is 1. The smallest absolute Gasteiger partial charge is 0.275 e. The lowest BCUT2D eigenvalue weighted by molar-refractivity contribution is 0.0958. The second-order valence-electron chi connectivity index (χ2n) is 3.13. The highest BCUT2D eigenvalue weighted by atomic mass is 32.1. The highest BCUT2D eigenvalue weighted by molar-refractivity contribution is 7.20. The minimum absolute atomic E-state index is 0.233. The summed E-state index contributed by atoms with van der Waals surface area (Å²) in [5.41, 5.74) is 3.32. The number of nitrogen functional groups attached to an aromatic ring is 1. The van der Waals surface area contributed by atoms with Crippen LogP contribution >= 0.6 is 11.3 Å². The summed E-state index contributed by atoms with van der Waals surface area (Å²) in [6, 6.07) is 7.96. The molecule has 2 rings (SSSR count). The van der Waals surface area contributed by atoms with Crippen molar-refractivity contribution in [3.05, 3.63) is 34.7 Å². The summed E-state index contributed by atoms with van der Waals surface area (Å²) in [4.78, 5) is 11.9. The summed E-state index contributed by atoms with van der Waals surface area (Å²) in [7, 11) is 0. The van der Waals surface area contributed by atoms with E-state index in [1.165, 1.54) is 16.9 Å². The van der Waals surface area contributed by atoms with Crippen molar-refractivity contribution in [2.24, 2.45) is 5.84 Å². The molecule has 4 heteroatoms. The lowest BCUT2D eigenvalue weighted by atomic mass is 10.2. The van der Waals surface area contributed by atoms with E-state index in [0.717, 1.165) is 10.1 Å². The molecule has 3 nitrogen and oxygen atoms in total. The Hall–Kier alpha value is -1.39. The second kappa shape index (κ2) is 3.40. The van der Waals surface area contributed by atoms with E-state index in [4.69, 9.17) is 5.84 Å². The highest BCUT2D eigenvalue weighted by Crippen LogP contribution is 2.26. The third-order valence-corrected chi connectivity index (χ3v) is 3.14. The Labute approximate surface area is 85.5 Å². The maximum Gasteiger partial charge on any atom is 0.275 e.